The molecule has 0 spiro atoms. The van der Waals surface area contributed by atoms with E-state index in [1.807, 2.05) is 6.07 Å². The van der Waals surface area contributed by atoms with Crippen LogP contribution in [0.4, 0.5) is 0 Å². The highest BCUT2D eigenvalue weighted by atomic mass is 16.5. The van der Waals surface area contributed by atoms with Crippen molar-refractivity contribution >= 4 is 22.9 Å². The Morgan fingerprint density at radius 1 is 1.26 bits per heavy atom. The summed E-state index contributed by atoms with van der Waals surface area (Å²) < 4.78 is 5.01. The third-order valence-electron chi connectivity index (χ3n) is 3.47. The molecule has 0 aliphatic heterocycles. The fourth-order valence-electron chi connectivity index (χ4n) is 2.25. The average molecular weight is 310 g/mol. The van der Waals surface area contributed by atoms with Gasteiger partial charge in [0.15, 0.2) is 0 Å². The maximum atomic E-state index is 12.4. The van der Waals surface area contributed by atoms with Crippen molar-refractivity contribution in [1.29, 1.82) is 0 Å². The van der Waals surface area contributed by atoms with Gasteiger partial charge < -0.3 is 15.6 Å². The molecular formula is C16H14N4O3. The number of hydrogen-bond acceptors (Lipinski definition) is 5. The summed E-state index contributed by atoms with van der Waals surface area (Å²) in [5.41, 5.74) is 7.30. The Bertz CT molecular complexity index is 873. The number of primary amides is 1. The summed E-state index contributed by atoms with van der Waals surface area (Å²) in [5, 5.41) is 7.06. The Balaban J connectivity index is 1.88. The van der Waals surface area contributed by atoms with Crippen molar-refractivity contribution in [2.75, 3.05) is 0 Å². The van der Waals surface area contributed by atoms with E-state index in [0.717, 1.165) is 0 Å². The highest BCUT2D eigenvalue weighted by Crippen LogP contribution is 2.18. The van der Waals surface area contributed by atoms with E-state index < -0.39 is 17.9 Å². The fraction of sp³-hybridized carbons (Fsp3) is 0.125. The standard InChI is InChI=1S/C16H14N4O3/c1-9-12-7-11(8-18-16(12)23-20-9)15(22)19-13(14(17)21)10-5-3-2-4-6-10/h2-8,13H,1H3,(H2,17,21)(H,19,22)/t13-/m1/s1. The first-order chi connectivity index (χ1) is 11.1. The molecule has 116 valence electrons. The first-order valence-corrected chi connectivity index (χ1v) is 6.93. The van der Waals surface area contributed by atoms with Crippen molar-refractivity contribution in [3.05, 3.63) is 59.4 Å². The minimum Gasteiger partial charge on any atom is -0.368 e. The van der Waals surface area contributed by atoms with Crippen molar-refractivity contribution in [3.8, 4) is 0 Å². The second kappa shape index (κ2) is 5.88. The minimum atomic E-state index is -0.914. The number of amides is 2. The zero-order valence-corrected chi connectivity index (χ0v) is 12.3. The van der Waals surface area contributed by atoms with E-state index in [-0.39, 0.29) is 0 Å². The third kappa shape index (κ3) is 2.89. The molecule has 1 aromatic carbocycles. The topological polar surface area (TPSA) is 111 Å². The van der Waals surface area contributed by atoms with Gasteiger partial charge in [0.25, 0.3) is 11.6 Å². The molecule has 23 heavy (non-hydrogen) atoms. The highest BCUT2D eigenvalue weighted by molar-refractivity contribution is 5.99. The van der Waals surface area contributed by atoms with Crippen molar-refractivity contribution < 1.29 is 14.1 Å². The average Bonchev–Trinajstić information content (AvgIpc) is 2.93. The first kappa shape index (κ1) is 14.7. The van der Waals surface area contributed by atoms with Gasteiger partial charge in [-0.3, -0.25) is 9.59 Å². The predicted molar refractivity (Wildman–Crippen MR) is 82.4 cm³/mol. The van der Waals surface area contributed by atoms with E-state index in [1.54, 1.807) is 37.3 Å². The molecule has 0 radical (unpaired) electrons. The van der Waals surface area contributed by atoms with Crippen LogP contribution in [0.25, 0.3) is 11.1 Å². The summed E-state index contributed by atoms with van der Waals surface area (Å²) in [7, 11) is 0. The summed E-state index contributed by atoms with van der Waals surface area (Å²) in [5.74, 6) is -1.09. The van der Waals surface area contributed by atoms with Crippen LogP contribution in [0.3, 0.4) is 0 Å². The molecule has 3 rings (SSSR count). The maximum Gasteiger partial charge on any atom is 0.257 e. The number of nitrogens with zero attached hydrogens (tertiary/aromatic N) is 2. The molecule has 2 aromatic heterocycles. The smallest absolute Gasteiger partial charge is 0.257 e. The number of carbonyl (C=O) groups excluding carboxylic acids is 2. The molecule has 0 saturated carbocycles. The lowest BCUT2D eigenvalue weighted by molar-refractivity contribution is -0.120. The number of hydrogen-bond donors (Lipinski definition) is 2. The van der Waals surface area contributed by atoms with E-state index in [4.69, 9.17) is 10.3 Å². The molecule has 2 heterocycles. The molecule has 0 fully saturated rings. The Labute approximate surface area is 131 Å². The number of nitrogens with one attached hydrogen (secondary N) is 1. The van der Waals surface area contributed by atoms with E-state index in [1.165, 1.54) is 6.20 Å². The van der Waals surface area contributed by atoms with Crippen LogP contribution in [-0.2, 0) is 4.79 Å². The van der Waals surface area contributed by atoms with Crippen molar-refractivity contribution in [3.63, 3.8) is 0 Å². The number of aromatic nitrogens is 2. The van der Waals surface area contributed by atoms with Gasteiger partial charge in [-0.05, 0) is 18.6 Å². The van der Waals surface area contributed by atoms with E-state index in [0.29, 0.717) is 27.9 Å². The normalized spacial score (nSPS) is 12.0. The predicted octanol–water partition coefficient (Wildman–Crippen LogP) is 1.49. The van der Waals surface area contributed by atoms with Gasteiger partial charge in [0, 0.05) is 6.20 Å². The SMILES string of the molecule is Cc1noc2ncc(C(=O)N[C@@H](C(N)=O)c3ccccc3)cc12. The molecule has 0 aliphatic carbocycles. The second-order valence-corrected chi connectivity index (χ2v) is 5.06. The fourth-order valence-corrected chi connectivity index (χ4v) is 2.25. The first-order valence-electron chi connectivity index (χ1n) is 6.93. The molecule has 0 saturated heterocycles. The number of rotatable bonds is 4. The minimum absolute atomic E-state index is 0.297. The monoisotopic (exact) mass is 310 g/mol. The lowest BCUT2D eigenvalue weighted by Crippen LogP contribution is -2.37. The number of nitrogens with two attached hydrogens (primary N) is 1. The molecule has 2 amide bonds. The van der Waals surface area contributed by atoms with E-state index in [2.05, 4.69) is 15.5 Å². The van der Waals surface area contributed by atoms with Crippen molar-refractivity contribution in [1.82, 2.24) is 15.5 Å². The largest absolute Gasteiger partial charge is 0.368 e. The van der Waals surface area contributed by atoms with Crippen LogP contribution in [-0.4, -0.2) is 22.0 Å². The zero-order chi connectivity index (χ0) is 16.4. The van der Waals surface area contributed by atoms with Gasteiger partial charge in [0.05, 0.1) is 16.6 Å². The summed E-state index contributed by atoms with van der Waals surface area (Å²) in [6.45, 7) is 1.76. The van der Waals surface area contributed by atoms with Crippen LogP contribution in [0.2, 0.25) is 0 Å². The Hall–Kier alpha value is -3.22. The number of aryl methyl sites for hydroxylation is 1. The number of fused-ring (bicyclic) bond motifs is 1. The molecule has 0 aliphatic rings. The highest BCUT2D eigenvalue weighted by Gasteiger charge is 2.21. The molecule has 7 nitrogen and oxygen atoms in total. The summed E-state index contributed by atoms with van der Waals surface area (Å²) in [6.07, 6.45) is 1.37. The Morgan fingerprint density at radius 3 is 2.70 bits per heavy atom. The van der Waals surface area contributed by atoms with Crippen LogP contribution >= 0.6 is 0 Å². The molecule has 0 unspecified atom stereocenters. The number of carbonyl (C=O) groups is 2. The lowest BCUT2D eigenvalue weighted by Gasteiger charge is -2.15. The van der Waals surface area contributed by atoms with Gasteiger partial charge in [-0.1, -0.05) is 35.5 Å². The molecule has 3 N–H and O–H groups in total. The van der Waals surface area contributed by atoms with Crippen molar-refractivity contribution in [2.24, 2.45) is 5.73 Å². The molecular weight excluding hydrogens is 296 g/mol. The maximum absolute atomic E-state index is 12.4. The number of benzene rings is 1. The second-order valence-electron chi connectivity index (χ2n) is 5.06. The Kier molecular flexibility index (Phi) is 3.76. The zero-order valence-electron chi connectivity index (χ0n) is 12.3. The van der Waals surface area contributed by atoms with Crippen molar-refractivity contribution in [2.45, 2.75) is 13.0 Å². The summed E-state index contributed by atoms with van der Waals surface area (Å²) in [4.78, 5) is 28.1. The number of pyridine rings is 1. The molecule has 3 aromatic rings. The van der Waals surface area contributed by atoms with Crippen LogP contribution in [0, 0.1) is 6.92 Å². The van der Waals surface area contributed by atoms with Gasteiger partial charge in [0.2, 0.25) is 5.91 Å². The van der Waals surface area contributed by atoms with Gasteiger partial charge >= 0.3 is 0 Å². The van der Waals surface area contributed by atoms with E-state index in [9.17, 15) is 9.59 Å². The van der Waals surface area contributed by atoms with Crippen LogP contribution in [0.1, 0.15) is 27.7 Å². The summed E-state index contributed by atoms with van der Waals surface area (Å²) in [6, 6.07) is 9.50. The molecule has 0 bridgehead atoms. The molecule has 7 heteroatoms. The van der Waals surface area contributed by atoms with E-state index >= 15 is 0 Å². The van der Waals surface area contributed by atoms with Gasteiger partial charge in [0.1, 0.15) is 6.04 Å². The van der Waals surface area contributed by atoms with Gasteiger partial charge in [-0.25, -0.2) is 4.98 Å². The van der Waals surface area contributed by atoms with Gasteiger partial charge in [-0.2, -0.15) is 0 Å². The third-order valence-corrected chi connectivity index (χ3v) is 3.47. The lowest BCUT2D eigenvalue weighted by atomic mass is 10.1. The van der Waals surface area contributed by atoms with Crippen LogP contribution < -0.4 is 11.1 Å². The van der Waals surface area contributed by atoms with Crippen LogP contribution in [0.5, 0.6) is 0 Å². The summed E-state index contributed by atoms with van der Waals surface area (Å²) >= 11 is 0. The van der Waals surface area contributed by atoms with Gasteiger partial charge in [-0.15, -0.1) is 0 Å². The quantitative estimate of drug-likeness (QED) is 0.758. The Morgan fingerprint density at radius 2 is 2.00 bits per heavy atom. The van der Waals surface area contributed by atoms with Crippen LogP contribution in [0.15, 0.2) is 47.1 Å². The molecule has 1 atom stereocenters.